The number of cyclic esters (lactones) is 1. The summed E-state index contributed by atoms with van der Waals surface area (Å²) in [5, 5.41) is 10.4. The molecule has 3 rings (SSSR count). The molecule has 0 spiro atoms. The van der Waals surface area contributed by atoms with Crippen LogP contribution in [0.5, 0.6) is 0 Å². The van der Waals surface area contributed by atoms with Gasteiger partial charge in [-0.05, 0) is 65.4 Å². The average Bonchev–Trinajstić information content (AvgIpc) is 2.87. The van der Waals surface area contributed by atoms with E-state index in [2.05, 4.69) is 0 Å². The van der Waals surface area contributed by atoms with E-state index in [4.69, 9.17) is 14.0 Å². The number of hydrogen-bond acceptors (Lipinski definition) is 5. The van der Waals surface area contributed by atoms with Gasteiger partial charge in [0.1, 0.15) is 5.60 Å². The Morgan fingerprint density at radius 3 is 2.03 bits per heavy atom. The van der Waals surface area contributed by atoms with Crippen molar-refractivity contribution in [3.8, 4) is 0 Å². The molecule has 2 atom stereocenters. The number of aliphatic hydroxyl groups is 1. The lowest BCUT2D eigenvalue weighted by Gasteiger charge is -2.47. The van der Waals surface area contributed by atoms with Crippen LogP contribution in [0.25, 0.3) is 0 Å². The monoisotopic (exact) mass is 445 g/mol. The van der Waals surface area contributed by atoms with Crippen LogP contribution >= 0.6 is 0 Å². The SMILES string of the molecule is CC(c1ccc(B2OC(C)(C)C(C)(C)O2)cc1)N1CC[C@](CC(C)(C)O)(C(C)C)OC1=O. The van der Waals surface area contributed by atoms with Gasteiger partial charge in [-0.15, -0.1) is 0 Å². The maximum atomic E-state index is 13.0. The molecule has 2 saturated heterocycles. The maximum Gasteiger partial charge on any atom is 0.494 e. The zero-order valence-corrected chi connectivity index (χ0v) is 21.2. The lowest BCUT2D eigenvalue weighted by molar-refractivity contribution is -0.119. The molecular formula is C25H40BNO5. The molecule has 32 heavy (non-hydrogen) atoms. The van der Waals surface area contributed by atoms with Gasteiger partial charge in [-0.3, -0.25) is 0 Å². The van der Waals surface area contributed by atoms with Gasteiger partial charge in [0.05, 0.1) is 22.8 Å². The van der Waals surface area contributed by atoms with Gasteiger partial charge in [-0.1, -0.05) is 38.1 Å². The first-order valence-corrected chi connectivity index (χ1v) is 11.7. The molecule has 2 heterocycles. The summed E-state index contributed by atoms with van der Waals surface area (Å²) in [5.41, 5.74) is -0.319. The second-order valence-electron chi connectivity index (χ2n) is 11.5. The van der Waals surface area contributed by atoms with Gasteiger partial charge in [-0.2, -0.15) is 0 Å². The minimum atomic E-state index is -0.901. The van der Waals surface area contributed by atoms with Crippen molar-refractivity contribution in [1.29, 1.82) is 0 Å². The molecule has 2 aliphatic heterocycles. The average molecular weight is 445 g/mol. The van der Waals surface area contributed by atoms with Gasteiger partial charge in [0.25, 0.3) is 0 Å². The zero-order valence-electron chi connectivity index (χ0n) is 21.2. The summed E-state index contributed by atoms with van der Waals surface area (Å²) in [6.07, 6.45) is 0.794. The molecule has 178 valence electrons. The predicted molar refractivity (Wildman–Crippen MR) is 127 cm³/mol. The second kappa shape index (κ2) is 8.34. The summed E-state index contributed by atoms with van der Waals surface area (Å²) >= 11 is 0. The smallest absolute Gasteiger partial charge is 0.442 e. The largest absolute Gasteiger partial charge is 0.494 e. The first kappa shape index (κ1) is 25.1. The van der Waals surface area contributed by atoms with E-state index < -0.39 is 18.3 Å². The Hall–Kier alpha value is -1.57. The van der Waals surface area contributed by atoms with Crippen LogP contribution in [0.4, 0.5) is 4.79 Å². The van der Waals surface area contributed by atoms with Crippen LogP contribution in [0.2, 0.25) is 0 Å². The van der Waals surface area contributed by atoms with Crippen LogP contribution in [0.15, 0.2) is 24.3 Å². The molecule has 0 aromatic heterocycles. The Morgan fingerprint density at radius 2 is 1.59 bits per heavy atom. The molecule has 0 saturated carbocycles. The molecule has 7 heteroatoms. The molecule has 1 amide bonds. The summed E-state index contributed by atoms with van der Waals surface area (Å²) < 4.78 is 18.3. The Kier molecular flexibility index (Phi) is 6.53. The Morgan fingerprint density at radius 1 is 1.06 bits per heavy atom. The summed E-state index contributed by atoms with van der Waals surface area (Å²) in [6, 6.07) is 7.95. The van der Waals surface area contributed by atoms with E-state index in [0.29, 0.717) is 19.4 Å². The molecular weight excluding hydrogens is 405 g/mol. The molecule has 0 aliphatic carbocycles. The van der Waals surface area contributed by atoms with Gasteiger partial charge in [-0.25, -0.2) is 4.79 Å². The number of hydrogen-bond donors (Lipinski definition) is 1. The van der Waals surface area contributed by atoms with Crippen molar-refractivity contribution in [2.45, 2.75) is 104 Å². The molecule has 6 nitrogen and oxygen atoms in total. The molecule has 0 bridgehead atoms. The second-order valence-corrected chi connectivity index (χ2v) is 11.5. The molecule has 0 radical (unpaired) electrons. The number of ether oxygens (including phenoxy) is 1. The van der Waals surface area contributed by atoms with Crippen molar-refractivity contribution in [2.75, 3.05) is 6.54 Å². The predicted octanol–water partition coefficient (Wildman–Crippen LogP) is 4.44. The van der Waals surface area contributed by atoms with E-state index in [0.717, 1.165) is 11.0 Å². The van der Waals surface area contributed by atoms with Crippen molar-refractivity contribution in [3.05, 3.63) is 29.8 Å². The van der Waals surface area contributed by atoms with Crippen molar-refractivity contribution in [1.82, 2.24) is 4.90 Å². The third kappa shape index (κ3) is 4.85. The van der Waals surface area contributed by atoms with Crippen molar-refractivity contribution in [2.24, 2.45) is 5.92 Å². The van der Waals surface area contributed by atoms with Gasteiger partial charge in [0.2, 0.25) is 0 Å². The lowest BCUT2D eigenvalue weighted by atomic mass is 9.77. The minimum Gasteiger partial charge on any atom is -0.442 e. The van der Waals surface area contributed by atoms with Gasteiger partial charge < -0.3 is 24.1 Å². The van der Waals surface area contributed by atoms with Gasteiger partial charge in [0.15, 0.2) is 0 Å². The first-order chi connectivity index (χ1) is 14.6. The zero-order chi connectivity index (χ0) is 24.1. The summed E-state index contributed by atoms with van der Waals surface area (Å²) in [4.78, 5) is 14.8. The van der Waals surface area contributed by atoms with Crippen LogP contribution in [0.1, 0.15) is 86.8 Å². The third-order valence-corrected chi connectivity index (χ3v) is 7.50. The third-order valence-electron chi connectivity index (χ3n) is 7.50. The van der Waals surface area contributed by atoms with Crippen molar-refractivity contribution in [3.63, 3.8) is 0 Å². The number of benzene rings is 1. The molecule has 1 aromatic rings. The Bertz CT molecular complexity index is 814. The topological polar surface area (TPSA) is 68.2 Å². The van der Waals surface area contributed by atoms with Crippen LogP contribution in [0, 0.1) is 5.92 Å². The fourth-order valence-electron chi connectivity index (χ4n) is 4.59. The quantitative estimate of drug-likeness (QED) is 0.656. The van der Waals surface area contributed by atoms with E-state index in [1.807, 2.05) is 72.7 Å². The first-order valence-electron chi connectivity index (χ1n) is 11.7. The molecule has 1 unspecified atom stereocenters. The van der Waals surface area contributed by atoms with E-state index in [9.17, 15) is 9.90 Å². The standard InChI is InChI=1S/C25H40BNO5/c1-17(2)25(16-22(4,5)29)14-15-27(21(28)30-25)18(3)19-10-12-20(13-11-19)26-31-23(6,7)24(8,9)32-26/h10-13,17-18,29H,14-16H2,1-9H3/t18?,25-/m0/s1. The van der Waals surface area contributed by atoms with Gasteiger partial charge in [0, 0.05) is 19.4 Å². The summed E-state index contributed by atoms with van der Waals surface area (Å²) in [5.74, 6) is 0.120. The number of rotatable bonds is 6. The highest BCUT2D eigenvalue weighted by Gasteiger charge is 2.52. The van der Waals surface area contributed by atoms with Crippen LogP contribution in [-0.4, -0.2) is 52.2 Å². The van der Waals surface area contributed by atoms with Crippen LogP contribution < -0.4 is 5.46 Å². The highest BCUT2D eigenvalue weighted by atomic mass is 16.7. The van der Waals surface area contributed by atoms with Crippen LogP contribution in [0.3, 0.4) is 0 Å². The molecule has 2 aliphatic rings. The fraction of sp³-hybridized carbons (Fsp3) is 0.720. The Labute approximate surface area is 193 Å². The number of amides is 1. The number of carbonyl (C=O) groups excluding carboxylic acids is 1. The maximum absolute atomic E-state index is 13.0. The van der Waals surface area contributed by atoms with E-state index in [-0.39, 0.29) is 29.3 Å². The molecule has 1 N–H and O–H groups in total. The highest BCUT2D eigenvalue weighted by Crippen LogP contribution is 2.40. The van der Waals surface area contributed by atoms with Crippen molar-refractivity contribution < 1.29 is 23.9 Å². The lowest BCUT2D eigenvalue weighted by Crippen LogP contribution is -2.55. The highest BCUT2D eigenvalue weighted by molar-refractivity contribution is 6.62. The van der Waals surface area contributed by atoms with E-state index in [1.165, 1.54) is 0 Å². The van der Waals surface area contributed by atoms with Crippen molar-refractivity contribution >= 4 is 18.7 Å². The Balaban J connectivity index is 1.71. The molecule has 1 aromatic carbocycles. The van der Waals surface area contributed by atoms with Crippen LogP contribution in [-0.2, 0) is 14.0 Å². The van der Waals surface area contributed by atoms with Gasteiger partial charge >= 0.3 is 13.2 Å². The van der Waals surface area contributed by atoms with E-state index in [1.54, 1.807) is 18.7 Å². The fourth-order valence-corrected chi connectivity index (χ4v) is 4.59. The number of nitrogens with zero attached hydrogens (tertiary/aromatic N) is 1. The minimum absolute atomic E-state index is 0.120. The summed E-state index contributed by atoms with van der Waals surface area (Å²) in [6.45, 7) is 18.4. The molecule has 2 fully saturated rings. The normalized spacial score (nSPS) is 26.4. The van der Waals surface area contributed by atoms with E-state index >= 15 is 0 Å². The number of carbonyl (C=O) groups is 1. The summed E-state index contributed by atoms with van der Waals surface area (Å²) in [7, 11) is -0.405.